The van der Waals surface area contributed by atoms with Crippen molar-refractivity contribution in [3.8, 4) is 11.3 Å². The second-order valence-corrected chi connectivity index (χ2v) is 9.37. The number of rotatable bonds is 8. The Morgan fingerprint density at radius 1 is 1.00 bits per heavy atom. The fraction of sp³-hybridized carbons (Fsp3) is 0.241. The van der Waals surface area contributed by atoms with Crippen LogP contribution >= 0.6 is 0 Å². The van der Waals surface area contributed by atoms with E-state index in [0.29, 0.717) is 36.0 Å². The first-order valence-corrected chi connectivity index (χ1v) is 12.5. The number of pyridine rings is 1. The first-order valence-electron chi connectivity index (χ1n) is 12.5. The zero-order valence-electron chi connectivity index (χ0n) is 21.5. The molecule has 8 nitrogen and oxygen atoms in total. The topological polar surface area (TPSA) is 77.5 Å². The summed E-state index contributed by atoms with van der Waals surface area (Å²) in [4.78, 5) is 30.8. The molecule has 1 fully saturated rings. The van der Waals surface area contributed by atoms with Crippen LogP contribution in [0.5, 0.6) is 0 Å². The Hall–Kier alpha value is -4.21. The van der Waals surface area contributed by atoms with Crippen LogP contribution in [-0.4, -0.2) is 64.4 Å². The summed E-state index contributed by atoms with van der Waals surface area (Å²) >= 11 is 0. The molecule has 3 heterocycles. The van der Waals surface area contributed by atoms with E-state index >= 15 is 4.39 Å². The molecule has 2 aromatic carbocycles. The van der Waals surface area contributed by atoms with Gasteiger partial charge in [0, 0.05) is 67.3 Å². The number of carbonyl (C=O) groups is 1. The molecule has 4 aromatic rings. The molecule has 38 heavy (non-hydrogen) atoms. The van der Waals surface area contributed by atoms with Gasteiger partial charge in [0.05, 0.1) is 11.4 Å². The third-order valence-electron chi connectivity index (χ3n) is 6.77. The monoisotopic (exact) mass is 511 g/mol. The van der Waals surface area contributed by atoms with Gasteiger partial charge in [-0.3, -0.25) is 19.6 Å². The Kier molecular flexibility index (Phi) is 7.67. The lowest BCUT2D eigenvalue weighted by Gasteiger charge is -2.34. The van der Waals surface area contributed by atoms with Gasteiger partial charge >= 0.3 is 0 Å². The normalized spacial score (nSPS) is 15.1. The van der Waals surface area contributed by atoms with Crippen molar-refractivity contribution >= 4 is 29.4 Å². The number of hydrogen-bond donors (Lipinski definition) is 1. The summed E-state index contributed by atoms with van der Waals surface area (Å²) in [6, 6.07) is 18.4. The third kappa shape index (κ3) is 5.69. The predicted molar refractivity (Wildman–Crippen MR) is 147 cm³/mol. The summed E-state index contributed by atoms with van der Waals surface area (Å²) in [5.74, 6) is 0.437. The van der Waals surface area contributed by atoms with Gasteiger partial charge in [-0.25, -0.2) is 14.4 Å². The number of halogens is 1. The molecule has 1 amide bonds. The highest BCUT2D eigenvalue weighted by Crippen LogP contribution is 2.31. The van der Waals surface area contributed by atoms with Crippen LogP contribution in [0.2, 0.25) is 0 Å². The largest absolute Gasteiger partial charge is 0.324 e. The van der Waals surface area contributed by atoms with E-state index in [9.17, 15) is 4.79 Å². The highest BCUT2D eigenvalue weighted by atomic mass is 19.1. The summed E-state index contributed by atoms with van der Waals surface area (Å²) in [6.45, 7) is 5.04. The summed E-state index contributed by atoms with van der Waals surface area (Å²) < 4.78 is 15.1. The molecule has 0 radical (unpaired) electrons. The molecule has 1 saturated heterocycles. The van der Waals surface area contributed by atoms with Crippen LogP contribution in [0.1, 0.15) is 17.4 Å². The van der Waals surface area contributed by atoms with E-state index in [1.807, 2.05) is 55.3 Å². The number of nitrogens with zero attached hydrogens (tertiary/aromatic N) is 6. The number of aryl methyl sites for hydroxylation is 1. The van der Waals surface area contributed by atoms with Crippen molar-refractivity contribution in [1.29, 1.82) is 0 Å². The van der Waals surface area contributed by atoms with Crippen LogP contribution in [0.3, 0.4) is 0 Å². The summed E-state index contributed by atoms with van der Waals surface area (Å²) in [5, 5.41) is 3.27. The number of piperazine rings is 1. The van der Waals surface area contributed by atoms with E-state index < -0.39 is 6.30 Å². The average molecular weight is 512 g/mol. The van der Waals surface area contributed by atoms with Crippen LogP contribution in [0.25, 0.3) is 11.3 Å². The van der Waals surface area contributed by atoms with E-state index in [4.69, 9.17) is 0 Å². The van der Waals surface area contributed by atoms with Gasteiger partial charge in [-0.2, -0.15) is 0 Å². The number of benzene rings is 2. The molecule has 1 aliphatic rings. The lowest BCUT2D eigenvalue weighted by atomic mass is 10.1. The molecule has 5 rings (SSSR count). The number of nitrogens with one attached hydrogen (secondary N) is 1. The molecule has 1 N–H and O–H groups in total. The van der Waals surface area contributed by atoms with Crippen LogP contribution in [0, 0.1) is 6.92 Å². The number of alkyl halides is 1. The predicted octanol–water partition coefficient (Wildman–Crippen LogP) is 5.10. The highest BCUT2D eigenvalue weighted by molar-refractivity contribution is 5.88. The number of anilines is 4. The average Bonchev–Trinajstić information content (AvgIpc) is 2.96. The van der Waals surface area contributed by atoms with Gasteiger partial charge in [0.1, 0.15) is 0 Å². The fourth-order valence-corrected chi connectivity index (χ4v) is 4.43. The summed E-state index contributed by atoms with van der Waals surface area (Å²) in [6.07, 6.45) is 4.75. The van der Waals surface area contributed by atoms with Crippen molar-refractivity contribution in [2.24, 2.45) is 0 Å². The number of carbonyl (C=O) groups excluding carboxylic acids is 1. The van der Waals surface area contributed by atoms with Crippen LogP contribution in [0.4, 0.5) is 27.4 Å². The summed E-state index contributed by atoms with van der Waals surface area (Å²) in [7, 11) is 2.05. The van der Waals surface area contributed by atoms with Crippen molar-refractivity contribution in [2.45, 2.75) is 13.2 Å². The molecule has 1 atom stereocenters. The Labute approximate surface area is 221 Å². The van der Waals surface area contributed by atoms with Gasteiger partial charge in [0.2, 0.25) is 12.4 Å². The molecule has 0 aliphatic carbocycles. The summed E-state index contributed by atoms with van der Waals surface area (Å²) in [5.41, 5.74) is 5.29. The van der Waals surface area contributed by atoms with Gasteiger partial charge < -0.3 is 10.2 Å². The molecule has 0 spiro atoms. The molecule has 9 heteroatoms. The standard InChI is InChI=1S/C29H30FN7O/c1-21-5-8-25(18-27(21)34-29-32-13-11-26(33-29)23-4-3-12-31-19-23)37(20-38)24-9-6-22(7-10-24)28(30)36-16-14-35(2)15-17-36/h3-13,18-20,28H,14-17H2,1-2H3,(H,32,33,34). The van der Waals surface area contributed by atoms with Gasteiger partial charge in [-0.15, -0.1) is 0 Å². The second kappa shape index (κ2) is 11.5. The Morgan fingerprint density at radius 2 is 1.76 bits per heavy atom. The van der Waals surface area contributed by atoms with Crippen LogP contribution in [0.15, 0.2) is 79.3 Å². The van der Waals surface area contributed by atoms with Gasteiger partial charge in [0.25, 0.3) is 0 Å². The molecule has 2 aromatic heterocycles. The maximum absolute atomic E-state index is 15.1. The first-order chi connectivity index (χ1) is 18.5. The smallest absolute Gasteiger partial charge is 0.227 e. The minimum atomic E-state index is -1.17. The van der Waals surface area contributed by atoms with E-state index in [1.54, 1.807) is 42.9 Å². The van der Waals surface area contributed by atoms with Gasteiger partial charge in [-0.05, 0) is 62.0 Å². The fourth-order valence-electron chi connectivity index (χ4n) is 4.43. The van der Waals surface area contributed by atoms with Gasteiger partial charge in [0.15, 0.2) is 6.30 Å². The number of likely N-dealkylation sites (N-methyl/N-ethyl adjacent to an activating group) is 1. The van der Waals surface area contributed by atoms with Crippen molar-refractivity contribution in [1.82, 2.24) is 24.8 Å². The Balaban J connectivity index is 1.34. The van der Waals surface area contributed by atoms with Crippen LogP contribution < -0.4 is 10.2 Å². The highest BCUT2D eigenvalue weighted by Gasteiger charge is 2.23. The molecule has 0 bridgehead atoms. The molecule has 0 saturated carbocycles. The maximum Gasteiger partial charge on any atom is 0.227 e. The molecule has 194 valence electrons. The zero-order valence-corrected chi connectivity index (χ0v) is 21.5. The third-order valence-corrected chi connectivity index (χ3v) is 6.77. The lowest BCUT2D eigenvalue weighted by Crippen LogP contribution is -2.45. The SMILES string of the molecule is Cc1ccc(N(C=O)c2ccc(C(F)N3CCN(C)CC3)cc2)cc1Nc1nccc(-c2cccnc2)n1. The van der Waals surface area contributed by atoms with E-state index in [-0.39, 0.29) is 0 Å². The minimum Gasteiger partial charge on any atom is -0.324 e. The zero-order chi connectivity index (χ0) is 26.5. The maximum atomic E-state index is 15.1. The molecular weight excluding hydrogens is 481 g/mol. The van der Waals surface area contributed by atoms with E-state index in [0.717, 1.165) is 42.0 Å². The first kappa shape index (κ1) is 25.4. The minimum absolute atomic E-state index is 0.437. The van der Waals surface area contributed by atoms with Crippen molar-refractivity contribution in [3.63, 3.8) is 0 Å². The van der Waals surface area contributed by atoms with Crippen molar-refractivity contribution < 1.29 is 9.18 Å². The number of amides is 1. The molecular formula is C29H30FN7O. The molecule has 1 unspecified atom stereocenters. The van der Waals surface area contributed by atoms with E-state index in [2.05, 4.69) is 25.2 Å². The Morgan fingerprint density at radius 3 is 2.47 bits per heavy atom. The van der Waals surface area contributed by atoms with Crippen LogP contribution in [-0.2, 0) is 4.79 Å². The number of aromatic nitrogens is 3. The quantitative estimate of drug-likeness (QED) is 0.260. The number of hydrogen-bond acceptors (Lipinski definition) is 7. The van der Waals surface area contributed by atoms with E-state index in [1.165, 1.54) is 4.90 Å². The molecule has 1 aliphatic heterocycles. The Bertz CT molecular complexity index is 1380. The second-order valence-electron chi connectivity index (χ2n) is 9.37. The van der Waals surface area contributed by atoms with Crippen molar-refractivity contribution in [2.75, 3.05) is 43.4 Å². The lowest BCUT2D eigenvalue weighted by molar-refractivity contribution is -0.106. The van der Waals surface area contributed by atoms with Crippen molar-refractivity contribution in [3.05, 3.63) is 90.4 Å². The van der Waals surface area contributed by atoms with Gasteiger partial charge in [-0.1, -0.05) is 18.2 Å².